The van der Waals surface area contributed by atoms with Gasteiger partial charge in [-0.3, -0.25) is 4.79 Å². The average molecular weight is 222 g/mol. The zero-order valence-corrected chi connectivity index (χ0v) is 9.81. The predicted octanol–water partition coefficient (Wildman–Crippen LogP) is 0.191. The standard InChI is InChI=1S/C11H18N4O/c1-3-5-14-6-4-13-9(10(14)16)15-7-11(2,12)8-15/h4,6H,3,5,7-8,12H2,1-2H3. The van der Waals surface area contributed by atoms with E-state index in [4.69, 9.17) is 5.73 Å². The van der Waals surface area contributed by atoms with Gasteiger partial charge in [-0.05, 0) is 13.3 Å². The summed E-state index contributed by atoms with van der Waals surface area (Å²) in [5.74, 6) is 0.527. The van der Waals surface area contributed by atoms with E-state index in [-0.39, 0.29) is 11.1 Å². The highest BCUT2D eigenvalue weighted by Crippen LogP contribution is 2.20. The molecule has 1 fully saturated rings. The Morgan fingerprint density at radius 1 is 1.56 bits per heavy atom. The molecule has 0 saturated carbocycles. The Hall–Kier alpha value is -1.36. The molecule has 1 aromatic rings. The van der Waals surface area contributed by atoms with Crippen LogP contribution < -0.4 is 16.2 Å². The molecular formula is C11H18N4O. The molecule has 16 heavy (non-hydrogen) atoms. The molecule has 0 unspecified atom stereocenters. The van der Waals surface area contributed by atoms with Crippen LogP contribution in [0.4, 0.5) is 5.82 Å². The molecule has 0 bridgehead atoms. The van der Waals surface area contributed by atoms with Crippen molar-refractivity contribution in [2.45, 2.75) is 32.4 Å². The van der Waals surface area contributed by atoms with Crippen LogP contribution in [0.1, 0.15) is 20.3 Å². The van der Waals surface area contributed by atoms with Crippen LogP contribution in [0.5, 0.6) is 0 Å². The number of anilines is 1. The van der Waals surface area contributed by atoms with Gasteiger partial charge in [0.2, 0.25) is 0 Å². The van der Waals surface area contributed by atoms with Crippen molar-refractivity contribution in [1.82, 2.24) is 9.55 Å². The number of rotatable bonds is 3. The first kappa shape index (κ1) is 11.1. The molecule has 1 aliphatic heterocycles. The van der Waals surface area contributed by atoms with Crippen LogP contribution in [0, 0.1) is 0 Å². The van der Waals surface area contributed by atoms with E-state index < -0.39 is 0 Å². The molecule has 2 rings (SSSR count). The summed E-state index contributed by atoms with van der Waals surface area (Å²) in [6, 6.07) is 0. The van der Waals surface area contributed by atoms with Crippen molar-refractivity contribution >= 4 is 5.82 Å². The van der Waals surface area contributed by atoms with Crippen LogP contribution in [0.3, 0.4) is 0 Å². The van der Waals surface area contributed by atoms with Crippen molar-refractivity contribution in [2.24, 2.45) is 5.73 Å². The normalized spacial score (nSPS) is 18.3. The Morgan fingerprint density at radius 2 is 2.25 bits per heavy atom. The lowest BCUT2D eigenvalue weighted by Crippen LogP contribution is -2.66. The number of hydrogen-bond donors (Lipinski definition) is 1. The largest absolute Gasteiger partial charge is 0.348 e. The molecule has 1 aliphatic rings. The summed E-state index contributed by atoms with van der Waals surface area (Å²) >= 11 is 0. The van der Waals surface area contributed by atoms with Gasteiger partial charge >= 0.3 is 0 Å². The second-order valence-electron chi connectivity index (χ2n) is 4.76. The maximum Gasteiger partial charge on any atom is 0.293 e. The third kappa shape index (κ3) is 1.95. The molecule has 88 valence electrons. The number of nitrogens with two attached hydrogens (primary N) is 1. The minimum atomic E-state index is -0.181. The maximum absolute atomic E-state index is 12.0. The third-order valence-corrected chi connectivity index (χ3v) is 2.76. The molecule has 0 atom stereocenters. The second kappa shape index (κ2) is 3.90. The Kier molecular flexibility index (Phi) is 2.71. The van der Waals surface area contributed by atoms with E-state index in [2.05, 4.69) is 4.98 Å². The molecule has 5 heteroatoms. The summed E-state index contributed by atoms with van der Waals surface area (Å²) in [6.07, 6.45) is 4.35. The highest BCUT2D eigenvalue weighted by molar-refractivity contribution is 5.42. The first-order valence-electron chi connectivity index (χ1n) is 5.63. The third-order valence-electron chi connectivity index (χ3n) is 2.76. The van der Waals surface area contributed by atoms with Crippen LogP contribution >= 0.6 is 0 Å². The Balaban J connectivity index is 2.23. The van der Waals surface area contributed by atoms with Crippen LogP contribution in [0.25, 0.3) is 0 Å². The van der Waals surface area contributed by atoms with Gasteiger partial charge in [0.05, 0.1) is 0 Å². The first-order chi connectivity index (χ1) is 7.53. The van der Waals surface area contributed by atoms with Crippen LogP contribution in [-0.2, 0) is 6.54 Å². The predicted molar refractivity (Wildman–Crippen MR) is 63.6 cm³/mol. The van der Waals surface area contributed by atoms with Gasteiger partial charge in [-0.1, -0.05) is 6.92 Å². The summed E-state index contributed by atoms with van der Waals surface area (Å²) in [6.45, 7) is 6.17. The molecule has 1 aromatic heterocycles. The van der Waals surface area contributed by atoms with E-state index in [1.54, 1.807) is 17.0 Å². The molecule has 0 radical (unpaired) electrons. The lowest BCUT2D eigenvalue weighted by molar-refractivity contribution is 0.361. The first-order valence-corrected chi connectivity index (χ1v) is 5.63. The van der Waals surface area contributed by atoms with Gasteiger partial charge in [-0.2, -0.15) is 0 Å². The van der Waals surface area contributed by atoms with Gasteiger partial charge in [0.15, 0.2) is 5.82 Å². The van der Waals surface area contributed by atoms with Crippen LogP contribution in [0.15, 0.2) is 17.2 Å². The van der Waals surface area contributed by atoms with E-state index in [1.807, 2.05) is 18.7 Å². The SMILES string of the molecule is CCCn1ccnc(N2CC(C)(N)C2)c1=O. The Labute approximate surface area is 94.9 Å². The number of aromatic nitrogens is 2. The maximum atomic E-state index is 12.0. The van der Waals surface area contributed by atoms with E-state index in [0.717, 1.165) is 13.0 Å². The highest BCUT2D eigenvalue weighted by atomic mass is 16.1. The topological polar surface area (TPSA) is 64.2 Å². The fourth-order valence-electron chi connectivity index (χ4n) is 2.05. The summed E-state index contributed by atoms with van der Waals surface area (Å²) in [7, 11) is 0. The molecule has 1 saturated heterocycles. The molecule has 2 heterocycles. The molecule has 2 N–H and O–H groups in total. The summed E-state index contributed by atoms with van der Waals surface area (Å²) in [5, 5.41) is 0. The highest BCUT2D eigenvalue weighted by Gasteiger charge is 2.36. The van der Waals surface area contributed by atoms with E-state index in [1.165, 1.54) is 0 Å². The van der Waals surface area contributed by atoms with Crippen molar-refractivity contribution in [1.29, 1.82) is 0 Å². The van der Waals surface area contributed by atoms with Gasteiger partial charge in [0.25, 0.3) is 5.56 Å². The van der Waals surface area contributed by atoms with E-state index in [0.29, 0.717) is 18.9 Å². The van der Waals surface area contributed by atoms with Crippen LogP contribution in [0.2, 0.25) is 0 Å². The molecule has 0 aromatic carbocycles. The van der Waals surface area contributed by atoms with Crippen molar-refractivity contribution in [3.63, 3.8) is 0 Å². The fourth-order valence-corrected chi connectivity index (χ4v) is 2.05. The molecule has 5 nitrogen and oxygen atoms in total. The zero-order valence-electron chi connectivity index (χ0n) is 9.81. The smallest absolute Gasteiger partial charge is 0.293 e. The molecule has 0 amide bonds. The van der Waals surface area contributed by atoms with Gasteiger partial charge < -0.3 is 15.2 Å². The lowest BCUT2D eigenvalue weighted by atomic mass is 9.94. The summed E-state index contributed by atoms with van der Waals surface area (Å²) in [5.41, 5.74) is 5.72. The van der Waals surface area contributed by atoms with Crippen molar-refractivity contribution in [3.05, 3.63) is 22.7 Å². The minimum absolute atomic E-state index is 0.0140. The van der Waals surface area contributed by atoms with Gasteiger partial charge in [0.1, 0.15) is 0 Å². The summed E-state index contributed by atoms with van der Waals surface area (Å²) < 4.78 is 1.70. The van der Waals surface area contributed by atoms with E-state index in [9.17, 15) is 4.79 Å². The number of hydrogen-bond acceptors (Lipinski definition) is 4. The van der Waals surface area contributed by atoms with E-state index >= 15 is 0 Å². The number of aryl methyl sites for hydroxylation is 1. The summed E-state index contributed by atoms with van der Waals surface area (Å²) in [4.78, 5) is 18.1. The van der Waals surface area contributed by atoms with Gasteiger partial charge in [-0.25, -0.2) is 4.98 Å². The zero-order chi connectivity index (χ0) is 11.8. The fraction of sp³-hybridized carbons (Fsp3) is 0.636. The monoisotopic (exact) mass is 222 g/mol. The Bertz CT molecular complexity index is 430. The number of nitrogens with zero attached hydrogens (tertiary/aromatic N) is 3. The quantitative estimate of drug-likeness (QED) is 0.793. The Morgan fingerprint density at radius 3 is 2.81 bits per heavy atom. The second-order valence-corrected chi connectivity index (χ2v) is 4.76. The molecular weight excluding hydrogens is 204 g/mol. The average Bonchev–Trinajstić information content (AvgIpc) is 2.18. The van der Waals surface area contributed by atoms with Crippen molar-refractivity contribution in [2.75, 3.05) is 18.0 Å². The van der Waals surface area contributed by atoms with Gasteiger partial charge in [0, 0.05) is 37.6 Å². The van der Waals surface area contributed by atoms with Gasteiger partial charge in [-0.15, -0.1) is 0 Å². The van der Waals surface area contributed by atoms with Crippen molar-refractivity contribution in [3.8, 4) is 0 Å². The van der Waals surface area contributed by atoms with Crippen molar-refractivity contribution < 1.29 is 0 Å². The molecule has 0 aliphatic carbocycles. The molecule has 0 spiro atoms. The lowest BCUT2D eigenvalue weighted by Gasteiger charge is -2.45. The van der Waals surface area contributed by atoms with Crippen LogP contribution in [-0.4, -0.2) is 28.2 Å². The minimum Gasteiger partial charge on any atom is -0.348 e.